The van der Waals surface area contributed by atoms with Crippen molar-refractivity contribution in [1.82, 2.24) is 0 Å². The Balaban J connectivity index is 2.57. The van der Waals surface area contributed by atoms with E-state index in [0.29, 0.717) is 5.75 Å². The second kappa shape index (κ2) is 4.16. The third-order valence-electron chi connectivity index (χ3n) is 1.54. The van der Waals surface area contributed by atoms with Gasteiger partial charge in [0.2, 0.25) is 0 Å². The molecule has 0 aromatic heterocycles. The molecule has 0 amide bonds. The lowest BCUT2D eigenvalue weighted by molar-refractivity contribution is 0.477. The van der Waals surface area contributed by atoms with Crippen molar-refractivity contribution in [3.63, 3.8) is 0 Å². The summed E-state index contributed by atoms with van der Waals surface area (Å²) in [7, 11) is -0.271. The fourth-order valence-corrected chi connectivity index (χ4v) is 1.44. The summed E-state index contributed by atoms with van der Waals surface area (Å²) in [6.07, 6.45) is 0.988. The molecule has 0 aliphatic rings. The first-order valence-corrected chi connectivity index (χ1v) is 6.72. The van der Waals surface area contributed by atoms with Crippen LogP contribution in [0.3, 0.4) is 0 Å². The van der Waals surface area contributed by atoms with Crippen molar-refractivity contribution >= 4 is 14.5 Å². The number of hydrogen-bond donors (Lipinski definition) is 2. The van der Waals surface area contributed by atoms with Crippen LogP contribution in [0.1, 0.15) is 0 Å². The van der Waals surface area contributed by atoms with Gasteiger partial charge in [-0.1, -0.05) is 12.1 Å². The maximum absolute atomic E-state index is 9.37. The Hall–Kier alpha value is -0.963. The van der Waals surface area contributed by atoms with Gasteiger partial charge in [0.15, 0.2) is 0 Å². The van der Waals surface area contributed by atoms with Gasteiger partial charge in [0.1, 0.15) is 11.9 Å². The molecule has 2 N–H and O–H groups in total. The first-order valence-electron chi connectivity index (χ1n) is 4.01. The summed E-state index contributed by atoms with van der Waals surface area (Å²) in [6, 6.07) is 7.32. The van der Waals surface area contributed by atoms with Crippen molar-refractivity contribution in [1.29, 1.82) is 0 Å². The molecule has 0 aliphatic carbocycles. The van der Waals surface area contributed by atoms with Crippen molar-refractivity contribution in [3.05, 3.63) is 24.3 Å². The predicted molar refractivity (Wildman–Crippen MR) is 54.1 cm³/mol. The lowest BCUT2D eigenvalue weighted by atomic mass is 10.3. The summed E-state index contributed by atoms with van der Waals surface area (Å²) in [5.41, 5.74) is 0.837. The van der Waals surface area contributed by atoms with Crippen LogP contribution in [0.15, 0.2) is 24.3 Å². The van der Waals surface area contributed by atoms with Crippen molar-refractivity contribution in [3.8, 4) is 5.75 Å². The maximum Gasteiger partial charge on any atom is 0.329 e. The van der Waals surface area contributed by atoms with Gasteiger partial charge in [-0.05, 0) is 12.1 Å². The molecule has 1 rings (SSSR count). The van der Waals surface area contributed by atoms with E-state index in [4.69, 9.17) is 0 Å². The van der Waals surface area contributed by atoms with E-state index in [-0.39, 0.29) is 8.80 Å². The van der Waals surface area contributed by atoms with Gasteiger partial charge in [-0.3, -0.25) is 0 Å². The smallest absolute Gasteiger partial charge is 0.329 e. The number of hydrogen-bond acceptors (Lipinski definition) is 2. The molecule has 3 heteroatoms. The summed E-state index contributed by atoms with van der Waals surface area (Å²) < 4.78 is 0. The van der Waals surface area contributed by atoms with E-state index in [9.17, 15) is 5.11 Å². The van der Waals surface area contributed by atoms with Crippen LogP contribution < -0.4 is 5.32 Å². The number of para-hydroxylation sites is 2. The molecule has 1 aromatic carbocycles. The predicted octanol–water partition coefficient (Wildman–Crippen LogP) is 2.10. The second-order valence-electron chi connectivity index (χ2n) is 3.08. The summed E-state index contributed by atoms with van der Waals surface area (Å²) in [4.78, 5) is 0. The number of nitrogens with one attached hydrogen (secondary N) is 1. The Morgan fingerprint density at radius 2 is 2.00 bits per heavy atom. The SMILES string of the molecule is C[Si+](C)CNc1ccccc1O. The molecule has 0 saturated heterocycles. The highest BCUT2D eigenvalue weighted by atomic mass is 28.3. The van der Waals surface area contributed by atoms with Gasteiger partial charge in [0.25, 0.3) is 0 Å². The average Bonchev–Trinajstić information content (AvgIpc) is 2.03. The van der Waals surface area contributed by atoms with Crippen LogP contribution in [0.25, 0.3) is 0 Å². The third kappa shape index (κ3) is 2.58. The van der Waals surface area contributed by atoms with Crippen LogP contribution in [-0.2, 0) is 0 Å². The van der Waals surface area contributed by atoms with Crippen LogP contribution in [0, 0.1) is 0 Å². The number of aromatic hydroxyl groups is 1. The highest BCUT2D eigenvalue weighted by molar-refractivity contribution is 6.56. The summed E-state index contributed by atoms with van der Waals surface area (Å²) >= 11 is 0. The highest BCUT2D eigenvalue weighted by Crippen LogP contribution is 2.20. The Kier molecular flexibility index (Phi) is 3.16. The monoisotopic (exact) mass is 180 g/mol. The van der Waals surface area contributed by atoms with Gasteiger partial charge in [-0.25, -0.2) is 0 Å². The summed E-state index contributed by atoms with van der Waals surface area (Å²) in [6.45, 7) is 4.47. The fourth-order valence-electron chi connectivity index (χ4n) is 0.895. The first-order chi connectivity index (χ1) is 5.70. The zero-order chi connectivity index (χ0) is 8.97. The zero-order valence-electron chi connectivity index (χ0n) is 7.46. The van der Waals surface area contributed by atoms with E-state index in [1.54, 1.807) is 6.07 Å². The molecule has 0 saturated carbocycles. The minimum Gasteiger partial charge on any atom is -0.506 e. The largest absolute Gasteiger partial charge is 0.506 e. The highest BCUT2D eigenvalue weighted by Gasteiger charge is 2.10. The Bertz CT molecular complexity index is 250. The topological polar surface area (TPSA) is 32.3 Å². The van der Waals surface area contributed by atoms with E-state index in [1.807, 2.05) is 18.2 Å². The molecule has 12 heavy (non-hydrogen) atoms. The molecule has 0 heterocycles. The van der Waals surface area contributed by atoms with Crippen LogP contribution in [0.2, 0.25) is 13.1 Å². The lowest BCUT2D eigenvalue weighted by Crippen LogP contribution is -2.16. The Morgan fingerprint density at radius 1 is 1.33 bits per heavy atom. The minimum atomic E-state index is -0.271. The molecule has 64 valence electrons. The second-order valence-corrected chi connectivity index (χ2v) is 5.85. The van der Waals surface area contributed by atoms with Crippen LogP contribution in [-0.4, -0.2) is 20.1 Å². The van der Waals surface area contributed by atoms with Gasteiger partial charge in [0.05, 0.1) is 18.8 Å². The van der Waals surface area contributed by atoms with E-state index < -0.39 is 0 Å². The van der Waals surface area contributed by atoms with E-state index in [1.165, 1.54) is 0 Å². The van der Waals surface area contributed by atoms with Crippen LogP contribution in [0.5, 0.6) is 5.75 Å². The van der Waals surface area contributed by atoms with Gasteiger partial charge in [-0.15, -0.1) is 0 Å². The maximum atomic E-state index is 9.37. The van der Waals surface area contributed by atoms with Crippen molar-refractivity contribution in [2.24, 2.45) is 0 Å². The number of benzene rings is 1. The zero-order valence-corrected chi connectivity index (χ0v) is 8.46. The van der Waals surface area contributed by atoms with Gasteiger partial charge < -0.3 is 10.4 Å². The van der Waals surface area contributed by atoms with Crippen LogP contribution >= 0.6 is 0 Å². The molecule has 0 bridgehead atoms. The minimum absolute atomic E-state index is 0.271. The van der Waals surface area contributed by atoms with Gasteiger partial charge in [0, 0.05) is 0 Å². The molecule has 0 fully saturated rings. The standard InChI is InChI=1S/C9H13NOSi/c1-12(2)7-10-8-5-3-4-6-9(8)11/h3-6,10H,7H2,1-2H3/p+1. The number of phenols is 1. The number of phenolic OH excluding ortho intramolecular Hbond substituents is 1. The van der Waals surface area contributed by atoms with E-state index in [2.05, 4.69) is 18.4 Å². The van der Waals surface area contributed by atoms with Crippen molar-refractivity contribution < 1.29 is 5.11 Å². The first kappa shape index (κ1) is 9.13. The molecule has 0 aliphatic heterocycles. The third-order valence-corrected chi connectivity index (χ3v) is 2.42. The molecule has 0 atom stereocenters. The molecular weight excluding hydrogens is 166 g/mol. The average molecular weight is 180 g/mol. The Labute approximate surface area is 74.8 Å². The lowest BCUT2D eigenvalue weighted by Gasteiger charge is -2.03. The Morgan fingerprint density at radius 3 is 2.58 bits per heavy atom. The number of rotatable bonds is 3. The van der Waals surface area contributed by atoms with Gasteiger partial charge in [-0.2, -0.15) is 0 Å². The molecular formula is C9H14NOSi+. The van der Waals surface area contributed by atoms with E-state index >= 15 is 0 Å². The summed E-state index contributed by atoms with van der Waals surface area (Å²) in [5, 5.41) is 12.6. The fraction of sp³-hybridized carbons (Fsp3) is 0.333. The molecule has 0 radical (unpaired) electrons. The van der Waals surface area contributed by atoms with Crippen LogP contribution in [0.4, 0.5) is 5.69 Å². The molecule has 1 aromatic rings. The molecule has 0 spiro atoms. The van der Waals surface area contributed by atoms with Crippen molar-refractivity contribution in [2.75, 3.05) is 11.5 Å². The number of anilines is 1. The normalized spacial score (nSPS) is 9.50. The summed E-state index contributed by atoms with van der Waals surface area (Å²) in [5.74, 6) is 0.334. The quantitative estimate of drug-likeness (QED) is 0.551. The van der Waals surface area contributed by atoms with Gasteiger partial charge >= 0.3 is 8.80 Å². The van der Waals surface area contributed by atoms with E-state index in [0.717, 1.165) is 11.9 Å². The molecule has 2 nitrogen and oxygen atoms in total. The molecule has 0 unspecified atom stereocenters. The van der Waals surface area contributed by atoms with Crippen molar-refractivity contribution in [2.45, 2.75) is 13.1 Å².